The van der Waals surface area contributed by atoms with Crippen molar-refractivity contribution in [1.29, 1.82) is 0 Å². The number of allylic oxidation sites excluding steroid dienone is 1. The van der Waals surface area contributed by atoms with Crippen LogP contribution in [0.1, 0.15) is 31.4 Å². The molecule has 0 aromatic heterocycles. The molecule has 2 amide bonds. The first-order chi connectivity index (χ1) is 11.1. The SMILES string of the molecule is C=CCCC(NC(=O)N1CC(C)OC(CO)C1)c1ccccc1. The summed E-state index contributed by atoms with van der Waals surface area (Å²) in [5.41, 5.74) is 1.09. The summed E-state index contributed by atoms with van der Waals surface area (Å²) < 4.78 is 5.59. The Balaban J connectivity index is 2.03. The van der Waals surface area contributed by atoms with E-state index in [1.807, 2.05) is 43.3 Å². The molecule has 1 aromatic carbocycles. The molecule has 1 aliphatic rings. The van der Waals surface area contributed by atoms with E-state index >= 15 is 0 Å². The van der Waals surface area contributed by atoms with Crippen molar-refractivity contribution in [3.8, 4) is 0 Å². The molecule has 1 fully saturated rings. The maximum absolute atomic E-state index is 12.6. The Morgan fingerprint density at radius 2 is 2.22 bits per heavy atom. The van der Waals surface area contributed by atoms with Gasteiger partial charge in [0.15, 0.2) is 0 Å². The third-order valence-electron chi connectivity index (χ3n) is 3.98. The van der Waals surface area contributed by atoms with Gasteiger partial charge >= 0.3 is 6.03 Å². The van der Waals surface area contributed by atoms with Gasteiger partial charge in [0.05, 0.1) is 31.4 Å². The quantitative estimate of drug-likeness (QED) is 0.792. The van der Waals surface area contributed by atoms with Gasteiger partial charge < -0.3 is 20.1 Å². The normalized spacial score (nSPS) is 22.4. The van der Waals surface area contributed by atoms with Crippen molar-refractivity contribution in [2.75, 3.05) is 19.7 Å². The molecule has 0 saturated carbocycles. The number of aliphatic hydroxyl groups is 1. The summed E-state index contributed by atoms with van der Waals surface area (Å²) in [6.45, 7) is 6.54. The van der Waals surface area contributed by atoms with E-state index in [9.17, 15) is 9.90 Å². The molecule has 5 heteroatoms. The van der Waals surface area contributed by atoms with Crippen LogP contribution in [0.3, 0.4) is 0 Å². The standard InChI is InChI=1S/C18H26N2O3/c1-3-4-10-17(15-8-6-5-7-9-15)19-18(22)20-11-14(2)23-16(12-20)13-21/h3,5-9,14,16-17,21H,1,4,10-13H2,2H3,(H,19,22). The molecule has 1 heterocycles. The third kappa shape index (κ3) is 5.08. The maximum Gasteiger partial charge on any atom is 0.318 e. The van der Waals surface area contributed by atoms with Crippen molar-refractivity contribution in [1.82, 2.24) is 10.2 Å². The molecule has 3 unspecified atom stereocenters. The Morgan fingerprint density at radius 1 is 1.48 bits per heavy atom. The van der Waals surface area contributed by atoms with Gasteiger partial charge in [-0.25, -0.2) is 4.79 Å². The first kappa shape index (κ1) is 17.5. The van der Waals surface area contributed by atoms with Crippen LogP contribution in [0.2, 0.25) is 0 Å². The minimum Gasteiger partial charge on any atom is -0.394 e. The number of amides is 2. The van der Waals surface area contributed by atoms with E-state index in [0.29, 0.717) is 13.1 Å². The van der Waals surface area contributed by atoms with E-state index in [1.165, 1.54) is 0 Å². The topological polar surface area (TPSA) is 61.8 Å². The van der Waals surface area contributed by atoms with Crippen molar-refractivity contribution in [2.24, 2.45) is 0 Å². The Bertz CT molecular complexity index is 506. The molecule has 0 bridgehead atoms. The van der Waals surface area contributed by atoms with Gasteiger partial charge in [-0.15, -0.1) is 6.58 Å². The summed E-state index contributed by atoms with van der Waals surface area (Å²) in [5, 5.41) is 12.4. The van der Waals surface area contributed by atoms with Gasteiger partial charge in [0.1, 0.15) is 0 Å². The number of aliphatic hydroxyl groups excluding tert-OH is 1. The zero-order chi connectivity index (χ0) is 16.7. The number of rotatable bonds is 6. The van der Waals surface area contributed by atoms with Gasteiger partial charge in [-0.05, 0) is 25.3 Å². The Kier molecular flexibility index (Phi) is 6.62. The molecular weight excluding hydrogens is 292 g/mol. The molecule has 2 N–H and O–H groups in total. The van der Waals surface area contributed by atoms with Crippen LogP contribution in [-0.2, 0) is 4.74 Å². The predicted molar refractivity (Wildman–Crippen MR) is 90.1 cm³/mol. The fraction of sp³-hybridized carbons (Fsp3) is 0.500. The predicted octanol–water partition coefficient (Wildman–Crippen LogP) is 2.49. The molecular formula is C18H26N2O3. The van der Waals surface area contributed by atoms with Crippen molar-refractivity contribution < 1.29 is 14.6 Å². The van der Waals surface area contributed by atoms with Gasteiger partial charge in [0, 0.05) is 6.54 Å². The molecule has 1 saturated heterocycles. The highest BCUT2D eigenvalue weighted by atomic mass is 16.5. The fourth-order valence-corrected chi connectivity index (χ4v) is 2.84. The number of ether oxygens (including phenoxy) is 1. The van der Waals surface area contributed by atoms with Crippen molar-refractivity contribution in [2.45, 2.75) is 38.0 Å². The lowest BCUT2D eigenvalue weighted by Crippen LogP contribution is -2.53. The van der Waals surface area contributed by atoms with Crippen LogP contribution in [0.5, 0.6) is 0 Å². The summed E-state index contributed by atoms with van der Waals surface area (Å²) in [6, 6.07) is 9.79. The number of benzene rings is 1. The van der Waals surface area contributed by atoms with Crippen LogP contribution in [0.15, 0.2) is 43.0 Å². The lowest BCUT2D eigenvalue weighted by molar-refractivity contribution is -0.0835. The van der Waals surface area contributed by atoms with Crippen LogP contribution >= 0.6 is 0 Å². The number of urea groups is 1. The number of carbonyl (C=O) groups is 1. The molecule has 23 heavy (non-hydrogen) atoms. The maximum atomic E-state index is 12.6. The second kappa shape index (κ2) is 8.70. The van der Waals surface area contributed by atoms with E-state index in [2.05, 4.69) is 11.9 Å². The minimum absolute atomic E-state index is 0.0487. The zero-order valence-corrected chi connectivity index (χ0v) is 13.6. The second-order valence-corrected chi connectivity index (χ2v) is 5.94. The van der Waals surface area contributed by atoms with Crippen LogP contribution in [-0.4, -0.2) is 47.9 Å². The summed E-state index contributed by atoms with van der Waals surface area (Å²) in [4.78, 5) is 14.3. The molecule has 1 aliphatic heterocycles. The summed E-state index contributed by atoms with van der Waals surface area (Å²) in [7, 11) is 0. The average Bonchev–Trinajstić information content (AvgIpc) is 2.58. The first-order valence-corrected chi connectivity index (χ1v) is 8.11. The summed E-state index contributed by atoms with van der Waals surface area (Å²) >= 11 is 0. The number of carbonyl (C=O) groups excluding carboxylic acids is 1. The molecule has 3 atom stereocenters. The molecule has 126 valence electrons. The minimum atomic E-state index is -0.312. The molecule has 0 spiro atoms. The second-order valence-electron chi connectivity index (χ2n) is 5.94. The molecule has 0 aliphatic carbocycles. The average molecular weight is 318 g/mol. The van der Waals surface area contributed by atoms with Crippen molar-refractivity contribution in [3.63, 3.8) is 0 Å². The first-order valence-electron chi connectivity index (χ1n) is 8.11. The third-order valence-corrected chi connectivity index (χ3v) is 3.98. The van der Waals surface area contributed by atoms with Gasteiger partial charge in [0.25, 0.3) is 0 Å². The number of hydrogen-bond donors (Lipinski definition) is 2. The van der Waals surface area contributed by atoms with Crippen LogP contribution < -0.4 is 5.32 Å². The van der Waals surface area contributed by atoms with Crippen molar-refractivity contribution >= 4 is 6.03 Å². The number of morpholine rings is 1. The van der Waals surface area contributed by atoms with Gasteiger partial charge in [-0.3, -0.25) is 0 Å². The van der Waals surface area contributed by atoms with Crippen LogP contribution in [0.4, 0.5) is 4.79 Å². The molecule has 1 aromatic rings. The lowest BCUT2D eigenvalue weighted by atomic mass is 10.0. The number of hydrogen-bond acceptors (Lipinski definition) is 3. The van der Waals surface area contributed by atoms with Crippen LogP contribution in [0.25, 0.3) is 0 Å². The molecule has 5 nitrogen and oxygen atoms in total. The van der Waals surface area contributed by atoms with Gasteiger partial charge in [-0.1, -0.05) is 36.4 Å². The monoisotopic (exact) mass is 318 g/mol. The van der Waals surface area contributed by atoms with Crippen molar-refractivity contribution in [3.05, 3.63) is 48.6 Å². The Hall–Kier alpha value is -1.85. The zero-order valence-electron chi connectivity index (χ0n) is 13.6. The summed E-state index contributed by atoms with van der Waals surface area (Å²) in [5.74, 6) is 0. The number of nitrogens with one attached hydrogen (secondary N) is 1. The summed E-state index contributed by atoms with van der Waals surface area (Å²) in [6.07, 6.45) is 3.12. The van der Waals surface area contributed by atoms with E-state index in [0.717, 1.165) is 18.4 Å². The lowest BCUT2D eigenvalue weighted by Gasteiger charge is -2.36. The fourth-order valence-electron chi connectivity index (χ4n) is 2.84. The van der Waals surface area contributed by atoms with E-state index in [1.54, 1.807) is 4.90 Å². The molecule has 2 rings (SSSR count). The highest BCUT2D eigenvalue weighted by Gasteiger charge is 2.29. The Morgan fingerprint density at radius 3 is 2.87 bits per heavy atom. The van der Waals surface area contributed by atoms with E-state index in [-0.39, 0.29) is 30.9 Å². The highest BCUT2D eigenvalue weighted by Crippen LogP contribution is 2.20. The van der Waals surface area contributed by atoms with Gasteiger partial charge in [-0.2, -0.15) is 0 Å². The van der Waals surface area contributed by atoms with Crippen LogP contribution in [0, 0.1) is 0 Å². The van der Waals surface area contributed by atoms with E-state index in [4.69, 9.17) is 4.74 Å². The Labute approximate surface area is 137 Å². The molecule has 0 radical (unpaired) electrons. The van der Waals surface area contributed by atoms with E-state index < -0.39 is 0 Å². The largest absolute Gasteiger partial charge is 0.394 e. The highest BCUT2D eigenvalue weighted by molar-refractivity contribution is 5.75. The van der Waals surface area contributed by atoms with Gasteiger partial charge in [0.2, 0.25) is 0 Å². The number of nitrogens with zero attached hydrogens (tertiary/aromatic N) is 1. The smallest absolute Gasteiger partial charge is 0.318 e.